The summed E-state index contributed by atoms with van der Waals surface area (Å²) in [6.07, 6.45) is 6.43. The summed E-state index contributed by atoms with van der Waals surface area (Å²) >= 11 is 0. The van der Waals surface area contributed by atoms with E-state index in [2.05, 4.69) is 20.9 Å². The Morgan fingerprint density at radius 1 is 1.67 bits per heavy atom. The van der Waals surface area contributed by atoms with Crippen molar-refractivity contribution in [2.45, 2.75) is 6.54 Å². The van der Waals surface area contributed by atoms with Crippen molar-refractivity contribution in [3.63, 3.8) is 0 Å². The maximum Gasteiger partial charge on any atom is 0.209 e. The number of aromatic nitrogens is 2. The van der Waals surface area contributed by atoms with Crippen LogP contribution in [0.1, 0.15) is 5.69 Å². The fourth-order valence-electron chi connectivity index (χ4n) is 0.587. The zero-order valence-electron chi connectivity index (χ0n) is 6.48. The lowest BCUT2D eigenvalue weighted by Crippen LogP contribution is -2.21. The van der Waals surface area contributed by atoms with Gasteiger partial charge in [0.2, 0.25) is 10.0 Å². The van der Waals surface area contributed by atoms with E-state index < -0.39 is 10.0 Å². The monoisotopic (exact) mass is 186 g/mol. The molecule has 0 saturated carbocycles. The topological polar surface area (TPSA) is 72.0 Å². The maximum atomic E-state index is 10.6. The molecule has 1 radical (unpaired) electrons. The number of sulfonamides is 1. The molecule has 0 atom stereocenters. The zero-order valence-corrected chi connectivity index (χ0v) is 7.30. The molecule has 0 aromatic carbocycles. The molecule has 1 rings (SSSR count). The van der Waals surface area contributed by atoms with Crippen LogP contribution >= 0.6 is 0 Å². The molecule has 5 nitrogen and oxygen atoms in total. The molecule has 0 saturated heterocycles. The summed E-state index contributed by atoms with van der Waals surface area (Å²) in [4.78, 5) is 7.50. The van der Waals surface area contributed by atoms with Crippen molar-refractivity contribution < 1.29 is 8.42 Å². The lowest BCUT2D eigenvalue weighted by molar-refractivity contribution is 0.586. The highest BCUT2D eigenvalue weighted by Crippen LogP contribution is 1.89. The van der Waals surface area contributed by atoms with Crippen LogP contribution in [0.15, 0.2) is 12.4 Å². The Balaban J connectivity index is 2.56. The van der Waals surface area contributed by atoms with Crippen LogP contribution in [0.5, 0.6) is 0 Å². The summed E-state index contributed by atoms with van der Waals surface area (Å²) in [6.45, 7) is 0.167. The minimum Gasteiger partial charge on any atom is -0.256 e. The van der Waals surface area contributed by atoms with E-state index in [4.69, 9.17) is 0 Å². The van der Waals surface area contributed by atoms with Crippen LogP contribution in [-0.2, 0) is 16.6 Å². The molecule has 0 aliphatic rings. The first-order chi connectivity index (χ1) is 5.58. The first-order valence-corrected chi connectivity index (χ1v) is 5.09. The number of nitrogens with zero attached hydrogens (tertiary/aromatic N) is 2. The average molecular weight is 186 g/mol. The van der Waals surface area contributed by atoms with Gasteiger partial charge in [0, 0.05) is 0 Å². The highest BCUT2D eigenvalue weighted by molar-refractivity contribution is 7.88. The normalized spacial score (nSPS) is 11.4. The van der Waals surface area contributed by atoms with Crippen molar-refractivity contribution in [1.82, 2.24) is 14.7 Å². The van der Waals surface area contributed by atoms with Gasteiger partial charge in [-0.25, -0.2) is 13.1 Å². The standard InChI is InChI=1S/C6H8N3O2S/c1-12(10,11)9-5-6-4-7-2-3-8-6/h3-4,9H,5H2,1H3. The van der Waals surface area contributed by atoms with Gasteiger partial charge in [-0.05, 0) is 0 Å². The molecule has 65 valence electrons. The largest absolute Gasteiger partial charge is 0.256 e. The Bertz CT molecular complexity index is 335. The van der Waals surface area contributed by atoms with Crippen molar-refractivity contribution >= 4 is 10.0 Å². The van der Waals surface area contributed by atoms with Crippen molar-refractivity contribution in [3.8, 4) is 0 Å². The Morgan fingerprint density at radius 3 is 2.92 bits per heavy atom. The van der Waals surface area contributed by atoms with Crippen LogP contribution in [0.25, 0.3) is 0 Å². The van der Waals surface area contributed by atoms with Gasteiger partial charge < -0.3 is 0 Å². The summed E-state index contributed by atoms with van der Waals surface area (Å²) in [7, 11) is -3.15. The molecule has 1 aromatic rings. The van der Waals surface area contributed by atoms with E-state index in [1.807, 2.05) is 0 Å². The minimum atomic E-state index is -3.15. The average Bonchev–Trinajstić information content (AvgIpc) is 2.02. The number of hydrogen-bond acceptors (Lipinski definition) is 4. The molecule has 1 N–H and O–H groups in total. The molecular weight excluding hydrogens is 178 g/mol. The third-order valence-electron chi connectivity index (χ3n) is 1.09. The van der Waals surface area contributed by atoms with Crippen molar-refractivity contribution in [2.75, 3.05) is 6.26 Å². The summed E-state index contributed by atoms with van der Waals surface area (Å²) in [5.74, 6) is 0. The molecule has 0 amide bonds. The second kappa shape index (κ2) is 3.59. The number of hydrogen-bond donors (Lipinski definition) is 1. The molecule has 0 aliphatic heterocycles. The van der Waals surface area contributed by atoms with Gasteiger partial charge in [-0.3, -0.25) is 9.97 Å². The van der Waals surface area contributed by atoms with E-state index in [9.17, 15) is 8.42 Å². The quantitative estimate of drug-likeness (QED) is 0.679. The summed E-state index contributed by atoms with van der Waals surface area (Å²) < 4.78 is 23.6. The van der Waals surface area contributed by atoms with Gasteiger partial charge in [-0.1, -0.05) is 0 Å². The van der Waals surface area contributed by atoms with Crippen LogP contribution in [0, 0.1) is 6.20 Å². The summed E-state index contributed by atoms with van der Waals surface area (Å²) in [6, 6.07) is 0. The van der Waals surface area contributed by atoms with Crippen molar-refractivity contribution in [1.29, 1.82) is 0 Å². The first-order valence-electron chi connectivity index (χ1n) is 3.19. The third-order valence-corrected chi connectivity index (χ3v) is 1.76. The Morgan fingerprint density at radius 2 is 2.42 bits per heavy atom. The van der Waals surface area contributed by atoms with E-state index in [0.29, 0.717) is 5.69 Å². The minimum absolute atomic E-state index is 0.167. The van der Waals surface area contributed by atoms with Crippen LogP contribution in [0.2, 0.25) is 0 Å². The van der Waals surface area contributed by atoms with E-state index in [1.165, 1.54) is 12.4 Å². The van der Waals surface area contributed by atoms with Crippen LogP contribution in [-0.4, -0.2) is 24.6 Å². The second-order valence-electron chi connectivity index (χ2n) is 2.23. The van der Waals surface area contributed by atoms with Gasteiger partial charge >= 0.3 is 0 Å². The molecule has 1 heterocycles. The predicted molar refractivity (Wildman–Crippen MR) is 42.6 cm³/mol. The van der Waals surface area contributed by atoms with Gasteiger partial charge in [0.05, 0.1) is 30.9 Å². The lowest BCUT2D eigenvalue weighted by atomic mass is 10.5. The molecule has 0 unspecified atom stereocenters. The molecule has 0 aliphatic carbocycles. The van der Waals surface area contributed by atoms with Gasteiger partial charge in [0.15, 0.2) is 0 Å². The van der Waals surface area contributed by atoms with Crippen molar-refractivity contribution in [2.24, 2.45) is 0 Å². The fourth-order valence-corrected chi connectivity index (χ4v) is 0.997. The van der Waals surface area contributed by atoms with Crippen LogP contribution < -0.4 is 4.72 Å². The summed E-state index contributed by atoms with van der Waals surface area (Å²) in [5, 5.41) is 0. The van der Waals surface area contributed by atoms with E-state index >= 15 is 0 Å². The van der Waals surface area contributed by atoms with E-state index in [0.717, 1.165) is 6.26 Å². The van der Waals surface area contributed by atoms with Gasteiger partial charge in [0.25, 0.3) is 0 Å². The van der Waals surface area contributed by atoms with E-state index in [1.54, 1.807) is 0 Å². The van der Waals surface area contributed by atoms with Gasteiger partial charge in [0.1, 0.15) is 6.20 Å². The molecule has 0 spiro atoms. The molecule has 1 aromatic heterocycles. The van der Waals surface area contributed by atoms with E-state index in [-0.39, 0.29) is 6.54 Å². The molecule has 6 heteroatoms. The third kappa shape index (κ3) is 3.40. The van der Waals surface area contributed by atoms with Gasteiger partial charge in [-0.15, -0.1) is 0 Å². The Hall–Kier alpha value is -1.01. The number of rotatable bonds is 3. The molecule has 0 fully saturated rings. The SMILES string of the molecule is CS(=O)(=O)NCc1cn[c]cn1. The molecular formula is C6H8N3O2S. The lowest BCUT2D eigenvalue weighted by Gasteiger charge is -1.99. The highest BCUT2D eigenvalue weighted by Gasteiger charge is 2.00. The maximum absolute atomic E-state index is 10.6. The molecule has 12 heavy (non-hydrogen) atoms. The van der Waals surface area contributed by atoms with Crippen LogP contribution in [0.4, 0.5) is 0 Å². The second-order valence-corrected chi connectivity index (χ2v) is 4.06. The summed E-state index contributed by atoms with van der Waals surface area (Å²) in [5.41, 5.74) is 0.569. The number of nitrogens with one attached hydrogen (secondary N) is 1. The smallest absolute Gasteiger partial charge is 0.209 e. The Kier molecular flexibility index (Phi) is 2.72. The zero-order chi connectivity index (χ0) is 9.03. The fraction of sp³-hybridized carbons (Fsp3) is 0.333. The Labute approximate surface area is 70.9 Å². The van der Waals surface area contributed by atoms with Crippen LogP contribution in [0.3, 0.4) is 0 Å². The first kappa shape index (κ1) is 9.08. The highest BCUT2D eigenvalue weighted by atomic mass is 32.2. The van der Waals surface area contributed by atoms with Gasteiger partial charge in [-0.2, -0.15) is 0 Å². The van der Waals surface area contributed by atoms with Crippen molar-refractivity contribution in [3.05, 3.63) is 24.3 Å². The molecule has 0 bridgehead atoms. The predicted octanol–water partition coefficient (Wildman–Crippen LogP) is -0.674.